The average molecular weight is 310 g/mol. The highest BCUT2D eigenvalue weighted by Crippen LogP contribution is 2.12. The molecule has 2 aromatic heterocycles. The Bertz CT molecular complexity index is 859. The summed E-state index contributed by atoms with van der Waals surface area (Å²) in [4.78, 5) is 27.6. The molecule has 3 rings (SSSR count). The van der Waals surface area contributed by atoms with E-state index in [-0.39, 0.29) is 11.9 Å². The van der Waals surface area contributed by atoms with Crippen molar-refractivity contribution in [1.82, 2.24) is 19.9 Å². The van der Waals surface area contributed by atoms with Crippen LogP contribution in [0.3, 0.4) is 0 Å². The van der Waals surface area contributed by atoms with E-state index in [2.05, 4.69) is 26.0 Å². The third-order valence-corrected chi connectivity index (χ3v) is 3.07. The number of benzene rings is 1. The van der Waals surface area contributed by atoms with E-state index < -0.39 is 0 Å². The van der Waals surface area contributed by atoms with E-state index in [1.54, 1.807) is 42.6 Å². The predicted octanol–water partition coefficient (Wildman–Crippen LogP) is 1.73. The van der Waals surface area contributed by atoms with Gasteiger partial charge in [0.1, 0.15) is 0 Å². The number of hydrogen-bond acceptors (Lipinski definition) is 4. The zero-order valence-corrected chi connectivity index (χ0v) is 12.3. The summed E-state index contributed by atoms with van der Waals surface area (Å²) in [7, 11) is 1.51. The van der Waals surface area contributed by atoms with E-state index in [9.17, 15) is 9.59 Å². The molecule has 0 aliphatic rings. The molecule has 8 nitrogen and oxygen atoms in total. The van der Waals surface area contributed by atoms with Crippen LogP contribution in [0.25, 0.3) is 5.65 Å². The quantitative estimate of drug-likeness (QED) is 0.686. The molecule has 3 aromatic rings. The zero-order valence-electron chi connectivity index (χ0n) is 12.3. The maximum atomic E-state index is 12.1. The molecular formula is C15H14N6O2. The first-order chi connectivity index (χ1) is 11.2. The van der Waals surface area contributed by atoms with Gasteiger partial charge in [-0.05, 0) is 24.3 Å². The predicted molar refractivity (Wildman–Crippen MR) is 85.5 cm³/mol. The Morgan fingerprint density at radius 2 is 1.78 bits per heavy atom. The van der Waals surface area contributed by atoms with Gasteiger partial charge in [-0.3, -0.25) is 10.1 Å². The second-order valence-electron chi connectivity index (χ2n) is 4.67. The second kappa shape index (κ2) is 6.14. The highest BCUT2D eigenvalue weighted by Gasteiger charge is 2.09. The van der Waals surface area contributed by atoms with Crippen LogP contribution in [0, 0.1) is 0 Å². The zero-order chi connectivity index (χ0) is 16.2. The number of urea groups is 1. The van der Waals surface area contributed by atoms with Gasteiger partial charge in [0.05, 0.1) is 6.20 Å². The summed E-state index contributed by atoms with van der Waals surface area (Å²) in [5, 5.41) is 12.0. The first-order valence-corrected chi connectivity index (χ1v) is 6.87. The molecule has 1 aromatic carbocycles. The summed E-state index contributed by atoms with van der Waals surface area (Å²) in [6.45, 7) is 0. The molecule has 0 fully saturated rings. The molecule has 8 heteroatoms. The molecule has 23 heavy (non-hydrogen) atoms. The Hall–Kier alpha value is -3.42. The van der Waals surface area contributed by atoms with Gasteiger partial charge in [0.15, 0.2) is 17.3 Å². The number of nitrogens with zero attached hydrogens (tertiary/aromatic N) is 3. The lowest BCUT2D eigenvalue weighted by Gasteiger charge is -2.04. The van der Waals surface area contributed by atoms with Crippen molar-refractivity contribution in [3.05, 3.63) is 54.2 Å². The van der Waals surface area contributed by atoms with Gasteiger partial charge in [-0.15, -0.1) is 5.10 Å². The highest BCUT2D eigenvalue weighted by molar-refractivity contribution is 6.03. The fourth-order valence-electron chi connectivity index (χ4n) is 1.97. The van der Waals surface area contributed by atoms with Crippen LogP contribution in [0.4, 0.5) is 16.4 Å². The number of anilines is 2. The van der Waals surface area contributed by atoms with Crippen molar-refractivity contribution < 1.29 is 9.59 Å². The number of nitrogens with one attached hydrogen (secondary N) is 3. The van der Waals surface area contributed by atoms with Gasteiger partial charge < -0.3 is 10.6 Å². The van der Waals surface area contributed by atoms with Crippen LogP contribution < -0.4 is 16.0 Å². The van der Waals surface area contributed by atoms with Crippen LogP contribution in [0.5, 0.6) is 0 Å². The standard InChI is InChI=1S/C15H14N6O2/c1-16-15(23)19-12-9-21-13(17-12)8-7-11(20-21)18-14(22)10-5-3-2-4-6-10/h2-9H,1H3,(H2,16,19,23)(H,18,20,22). The summed E-state index contributed by atoms with van der Waals surface area (Å²) in [5.74, 6) is 0.500. The summed E-state index contributed by atoms with van der Waals surface area (Å²) in [6.07, 6.45) is 1.56. The van der Waals surface area contributed by atoms with Crippen molar-refractivity contribution in [2.75, 3.05) is 17.7 Å². The minimum Gasteiger partial charge on any atom is -0.341 e. The van der Waals surface area contributed by atoms with E-state index in [1.807, 2.05) is 6.07 Å². The average Bonchev–Trinajstić information content (AvgIpc) is 2.96. The van der Waals surface area contributed by atoms with E-state index in [0.717, 1.165) is 0 Å². The van der Waals surface area contributed by atoms with Crippen LogP contribution in [0.2, 0.25) is 0 Å². The van der Waals surface area contributed by atoms with Gasteiger partial charge in [0, 0.05) is 12.6 Å². The maximum Gasteiger partial charge on any atom is 0.320 e. The molecule has 0 aliphatic heterocycles. The Morgan fingerprint density at radius 3 is 2.52 bits per heavy atom. The molecule has 3 N–H and O–H groups in total. The van der Waals surface area contributed by atoms with Crippen LogP contribution in [-0.2, 0) is 0 Å². The minimum atomic E-state index is -0.369. The van der Waals surface area contributed by atoms with E-state index in [1.165, 1.54) is 11.6 Å². The Labute approximate surface area is 131 Å². The highest BCUT2D eigenvalue weighted by atomic mass is 16.2. The molecule has 116 valence electrons. The smallest absolute Gasteiger partial charge is 0.320 e. The largest absolute Gasteiger partial charge is 0.341 e. The molecular weight excluding hydrogens is 296 g/mol. The lowest BCUT2D eigenvalue weighted by atomic mass is 10.2. The maximum absolute atomic E-state index is 12.1. The number of imidazole rings is 1. The Balaban J connectivity index is 1.80. The first-order valence-electron chi connectivity index (χ1n) is 6.87. The minimum absolute atomic E-state index is 0.249. The molecule has 0 spiro atoms. The molecule has 3 amide bonds. The van der Waals surface area contributed by atoms with Crippen molar-refractivity contribution in [2.24, 2.45) is 0 Å². The third-order valence-electron chi connectivity index (χ3n) is 3.07. The molecule has 0 saturated heterocycles. The summed E-state index contributed by atoms with van der Waals surface area (Å²) in [5.41, 5.74) is 1.09. The van der Waals surface area contributed by atoms with E-state index in [0.29, 0.717) is 22.8 Å². The fraction of sp³-hybridized carbons (Fsp3) is 0.0667. The van der Waals surface area contributed by atoms with Crippen molar-refractivity contribution in [3.63, 3.8) is 0 Å². The molecule has 0 unspecified atom stereocenters. The van der Waals surface area contributed by atoms with E-state index >= 15 is 0 Å². The van der Waals surface area contributed by atoms with Gasteiger partial charge in [0.2, 0.25) is 0 Å². The third kappa shape index (κ3) is 3.26. The molecule has 0 atom stereocenters. The Morgan fingerprint density at radius 1 is 1.00 bits per heavy atom. The Kier molecular flexibility index (Phi) is 3.88. The van der Waals surface area contributed by atoms with Gasteiger partial charge >= 0.3 is 6.03 Å². The number of carbonyl (C=O) groups is 2. The van der Waals surface area contributed by atoms with Crippen molar-refractivity contribution >= 4 is 29.2 Å². The van der Waals surface area contributed by atoms with Crippen LogP contribution in [0.1, 0.15) is 10.4 Å². The molecule has 0 radical (unpaired) electrons. The molecule has 0 saturated carbocycles. The van der Waals surface area contributed by atoms with Crippen LogP contribution in [-0.4, -0.2) is 33.6 Å². The van der Waals surface area contributed by atoms with E-state index in [4.69, 9.17) is 0 Å². The number of amides is 3. The molecule has 2 heterocycles. The van der Waals surface area contributed by atoms with Crippen molar-refractivity contribution in [1.29, 1.82) is 0 Å². The number of rotatable bonds is 3. The van der Waals surface area contributed by atoms with Crippen molar-refractivity contribution in [2.45, 2.75) is 0 Å². The van der Waals surface area contributed by atoms with Crippen LogP contribution >= 0.6 is 0 Å². The summed E-state index contributed by atoms with van der Waals surface area (Å²) >= 11 is 0. The second-order valence-corrected chi connectivity index (χ2v) is 4.67. The summed E-state index contributed by atoms with van der Waals surface area (Å²) in [6, 6.07) is 11.8. The van der Waals surface area contributed by atoms with Gasteiger partial charge in [-0.1, -0.05) is 18.2 Å². The SMILES string of the molecule is CNC(=O)Nc1cn2nc(NC(=O)c3ccccc3)ccc2n1. The first kappa shape index (κ1) is 14.5. The fourth-order valence-corrected chi connectivity index (χ4v) is 1.97. The van der Waals surface area contributed by atoms with Gasteiger partial charge in [-0.25, -0.2) is 14.3 Å². The number of aromatic nitrogens is 3. The number of fused-ring (bicyclic) bond motifs is 1. The van der Waals surface area contributed by atoms with Gasteiger partial charge in [-0.2, -0.15) is 0 Å². The van der Waals surface area contributed by atoms with Crippen molar-refractivity contribution in [3.8, 4) is 0 Å². The molecule has 0 aliphatic carbocycles. The normalized spacial score (nSPS) is 10.3. The summed E-state index contributed by atoms with van der Waals surface area (Å²) < 4.78 is 1.48. The topological polar surface area (TPSA) is 100 Å². The lowest BCUT2D eigenvalue weighted by molar-refractivity contribution is 0.102. The lowest BCUT2D eigenvalue weighted by Crippen LogP contribution is -2.24. The number of carbonyl (C=O) groups excluding carboxylic acids is 2. The molecule has 0 bridgehead atoms. The van der Waals surface area contributed by atoms with Gasteiger partial charge in [0.25, 0.3) is 5.91 Å². The monoisotopic (exact) mass is 310 g/mol. The number of hydrogen-bond donors (Lipinski definition) is 3. The van der Waals surface area contributed by atoms with Crippen LogP contribution in [0.15, 0.2) is 48.7 Å².